The van der Waals surface area contributed by atoms with E-state index in [-0.39, 0.29) is 42.7 Å². The summed E-state index contributed by atoms with van der Waals surface area (Å²) in [6.07, 6.45) is 1.89. The minimum atomic E-state index is -1.23. The van der Waals surface area contributed by atoms with Gasteiger partial charge in [0.1, 0.15) is 5.75 Å². The molecule has 0 aliphatic carbocycles. The largest absolute Gasteiger partial charge is 0.497 e. The second-order valence-electron chi connectivity index (χ2n) is 12.9. The van der Waals surface area contributed by atoms with Crippen molar-refractivity contribution in [3.63, 3.8) is 0 Å². The van der Waals surface area contributed by atoms with Gasteiger partial charge in [-0.1, -0.05) is 81.4 Å². The van der Waals surface area contributed by atoms with E-state index in [0.717, 1.165) is 33.7 Å². The van der Waals surface area contributed by atoms with Crippen LogP contribution in [-0.2, 0) is 38.3 Å². The molecule has 44 heavy (non-hydrogen) atoms. The molecule has 0 aromatic heterocycles. The topological polar surface area (TPSA) is 79.3 Å². The number of aliphatic hydroxyl groups excluding tert-OH is 1. The predicted molar refractivity (Wildman–Crippen MR) is 170 cm³/mol. The third kappa shape index (κ3) is 4.65. The van der Waals surface area contributed by atoms with Gasteiger partial charge in [-0.05, 0) is 46.7 Å². The fourth-order valence-corrected chi connectivity index (χ4v) is 8.11. The molecule has 5 atom stereocenters. The average Bonchev–Trinajstić information content (AvgIpc) is 3.47. The number of nitrogens with zero attached hydrogens (tertiary/aromatic N) is 2. The molecule has 7 heteroatoms. The molecule has 6 rings (SSSR count). The van der Waals surface area contributed by atoms with Crippen molar-refractivity contribution in [2.24, 2.45) is 11.8 Å². The van der Waals surface area contributed by atoms with E-state index in [1.54, 1.807) is 23.0 Å². The third-order valence-electron chi connectivity index (χ3n) is 10.3. The van der Waals surface area contributed by atoms with Crippen LogP contribution >= 0.6 is 0 Å². The lowest BCUT2D eigenvalue weighted by atomic mass is 9.63. The van der Waals surface area contributed by atoms with Crippen molar-refractivity contribution >= 4 is 17.5 Å². The van der Waals surface area contributed by atoms with Gasteiger partial charge in [0.2, 0.25) is 5.91 Å². The van der Waals surface area contributed by atoms with E-state index in [0.29, 0.717) is 19.5 Å². The van der Waals surface area contributed by atoms with Crippen LogP contribution in [0.4, 0.5) is 5.69 Å². The number of methoxy groups -OCH3 is 1. The third-order valence-corrected chi connectivity index (χ3v) is 10.3. The molecule has 1 fully saturated rings. The lowest BCUT2D eigenvalue weighted by molar-refractivity contribution is -0.151. The molecule has 0 saturated carbocycles. The minimum absolute atomic E-state index is 0.0787. The van der Waals surface area contributed by atoms with Crippen LogP contribution in [0.5, 0.6) is 5.75 Å². The Morgan fingerprint density at radius 1 is 1.09 bits per heavy atom. The van der Waals surface area contributed by atoms with Gasteiger partial charge in [-0.3, -0.25) is 9.59 Å². The standard InChI is InChI=1S/C37H42N2O5/c1-6-19-38-31-14-10-9-13-30(31)37(35(38)42)24(2)34(36(3,4)27-15-17-29(43-5)18-16-27)32(44-37)21-33(41)39-22-26-12-8-7-11-25(26)20-28(39)23-40/h6-18,24,28,32,34,40H,1,19-23H2,2-5H3/t24-,28-,32+,34-,37+/m0/s1. The van der Waals surface area contributed by atoms with Crippen LogP contribution in [0.15, 0.2) is 85.5 Å². The van der Waals surface area contributed by atoms with Gasteiger partial charge in [-0.15, -0.1) is 6.58 Å². The number of aliphatic hydroxyl groups is 1. The monoisotopic (exact) mass is 594 g/mol. The Balaban J connectivity index is 1.41. The molecule has 1 spiro atoms. The van der Waals surface area contributed by atoms with Crippen LogP contribution in [0.2, 0.25) is 0 Å². The van der Waals surface area contributed by atoms with E-state index in [1.807, 2.05) is 54.6 Å². The molecule has 3 aliphatic rings. The zero-order valence-electron chi connectivity index (χ0n) is 26.0. The second-order valence-corrected chi connectivity index (χ2v) is 12.9. The molecule has 0 unspecified atom stereocenters. The number of carbonyl (C=O) groups is 2. The first kappa shape index (κ1) is 30.1. The zero-order valence-corrected chi connectivity index (χ0v) is 26.0. The van der Waals surface area contributed by atoms with Crippen molar-refractivity contribution in [3.05, 3.63) is 108 Å². The quantitative estimate of drug-likeness (QED) is 0.354. The number of rotatable bonds is 8. The highest BCUT2D eigenvalue weighted by Crippen LogP contribution is 2.59. The van der Waals surface area contributed by atoms with Crippen molar-refractivity contribution in [3.8, 4) is 5.75 Å². The lowest BCUT2D eigenvalue weighted by Gasteiger charge is -2.40. The average molecular weight is 595 g/mol. The molecule has 0 bridgehead atoms. The van der Waals surface area contributed by atoms with Gasteiger partial charge < -0.3 is 24.4 Å². The highest BCUT2D eigenvalue weighted by molar-refractivity contribution is 6.07. The molecule has 1 N–H and O–H groups in total. The van der Waals surface area contributed by atoms with Crippen LogP contribution in [0.1, 0.15) is 49.4 Å². The van der Waals surface area contributed by atoms with Gasteiger partial charge in [0.05, 0.1) is 38.0 Å². The second kappa shape index (κ2) is 11.5. The van der Waals surface area contributed by atoms with Crippen molar-refractivity contribution in [2.75, 3.05) is 25.2 Å². The number of ether oxygens (including phenoxy) is 2. The van der Waals surface area contributed by atoms with Gasteiger partial charge in [-0.25, -0.2) is 0 Å². The summed E-state index contributed by atoms with van der Waals surface area (Å²) in [6, 6.07) is 23.6. The first-order valence-electron chi connectivity index (χ1n) is 15.5. The molecule has 230 valence electrons. The number of amides is 2. The molecule has 1 saturated heterocycles. The number of hydrogen-bond donors (Lipinski definition) is 1. The summed E-state index contributed by atoms with van der Waals surface area (Å²) >= 11 is 0. The SMILES string of the molecule is C=CCN1C(=O)[C@]2(O[C@H](CC(=O)N3Cc4ccccc4C[C@H]3CO)[C@@H](C(C)(C)c3ccc(OC)cc3)[C@@H]2C)c2ccccc21. The van der Waals surface area contributed by atoms with Crippen molar-refractivity contribution in [1.29, 1.82) is 0 Å². The van der Waals surface area contributed by atoms with E-state index < -0.39 is 17.1 Å². The number of fused-ring (bicyclic) bond motifs is 3. The van der Waals surface area contributed by atoms with Gasteiger partial charge in [0.15, 0.2) is 5.60 Å². The highest BCUT2D eigenvalue weighted by atomic mass is 16.5. The number of anilines is 1. The smallest absolute Gasteiger partial charge is 0.264 e. The normalized spacial score (nSPS) is 26.1. The molecule has 3 heterocycles. The number of carbonyl (C=O) groups excluding carboxylic acids is 2. The van der Waals surface area contributed by atoms with E-state index >= 15 is 0 Å². The lowest BCUT2D eigenvalue weighted by Crippen LogP contribution is -2.48. The summed E-state index contributed by atoms with van der Waals surface area (Å²) in [7, 11) is 1.65. The Bertz CT molecular complexity index is 1570. The summed E-state index contributed by atoms with van der Waals surface area (Å²) in [4.78, 5) is 32.2. The molecule has 0 radical (unpaired) electrons. The van der Waals surface area contributed by atoms with Crippen molar-refractivity contribution in [2.45, 2.75) is 63.3 Å². The zero-order chi connectivity index (χ0) is 31.2. The van der Waals surface area contributed by atoms with Crippen LogP contribution in [0, 0.1) is 11.8 Å². The Morgan fingerprint density at radius 3 is 2.45 bits per heavy atom. The van der Waals surface area contributed by atoms with E-state index in [2.05, 4.69) is 45.5 Å². The number of benzene rings is 3. The van der Waals surface area contributed by atoms with Gasteiger partial charge in [-0.2, -0.15) is 0 Å². The van der Waals surface area contributed by atoms with E-state index in [4.69, 9.17) is 9.47 Å². The Morgan fingerprint density at radius 2 is 1.77 bits per heavy atom. The molecule has 3 aliphatic heterocycles. The summed E-state index contributed by atoms with van der Waals surface area (Å²) in [5.74, 6) is 0.132. The van der Waals surface area contributed by atoms with E-state index in [1.165, 1.54) is 0 Å². The van der Waals surface area contributed by atoms with Crippen molar-refractivity contribution in [1.82, 2.24) is 4.90 Å². The Labute approximate surface area is 260 Å². The van der Waals surface area contributed by atoms with Crippen LogP contribution in [0.25, 0.3) is 0 Å². The van der Waals surface area contributed by atoms with Crippen LogP contribution < -0.4 is 9.64 Å². The van der Waals surface area contributed by atoms with E-state index in [9.17, 15) is 14.7 Å². The molecule has 2 amide bonds. The maximum absolute atomic E-state index is 14.5. The summed E-state index contributed by atoms with van der Waals surface area (Å²) < 4.78 is 12.5. The highest BCUT2D eigenvalue weighted by Gasteiger charge is 2.66. The number of hydrogen-bond acceptors (Lipinski definition) is 5. The minimum Gasteiger partial charge on any atom is -0.497 e. The Hall–Kier alpha value is -3.94. The Kier molecular flexibility index (Phi) is 7.89. The first-order chi connectivity index (χ1) is 21.2. The van der Waals surface area contributed by atoms with Gasteiger partial charge in [0, 0.05) is 30.5 Å². The first-order valence-corrected chi connectivity index (χ1v) is 15.5. The van der Waals surface area contributed by atoms with Gasteiger partial charge in [0.25, 0.3) is 5.91 Å². The molecular weight excluding hydrogens is 552 g/mol. The summed E-state index contributed by atoms with van der Waals surface area (Å²) in [5, 5.41) is 10.3. The molecule has 3 aromatic rings. The van der Waals surface area contributed by atoms with Gasteiger partial charge >= 0.3 is 0 Å². The van der Waals surface area contributed by atoms with Crippen LogP contribution in [-0.4, -0.2) is 54.2 Å². The fraction of sp³-hybridized carbons (Fsp3) is 0.405. The fourth-order valence-electron chi connectivity index (χ4n) is 8.11. The maximum Gasteiger partial charge on any atom is 0.264 e. The summed E-state index contributed by atoms with van der Waals surface area (Å²) in [5.41, 5.74) is 3.30. The number of para-hydroxylation sites is 1. The molecule has 7 nitrogen and oxygen atoms in total. The molecule has 3 aromatic carbocycles. The van der Waals surface area contributed by atoms with Crippen LogP contribution in [0.3, 0.4) is 0 Å². The maximum atomic E-state index is 14.5. The predicted octanol–water partition coefficient (Wildman–Crippen LogP) is 5.39. The summed E-state index contributed by atoms with van der Waals surface area (Å²) in [6.45, 7) is 11.0. The van der Waals surface area contributed by atoms with Crippen molar-refractivity contribution < 1.29 is 24.2 Å². The molecular formula is C37H42N2O5.